The molecule has 2 aliphatic rings. The number of guanidine groups is 1. The predicted molar refractivity (Wildman–Crippen MR) is 83.7 cm³/mol. The van der Waals surface area contributed by atoms with Crippen molar-refractivity contribution in [1.29, 1.82) is 0 Å². The van der Waals surface area contributed by atoms with Gasteiger partial charge < -0.3 is 10.6 Å². The Morgan fingerprint density at radius 1 is 1.14 bits per heavy atom. The zero-order valence-corrected chi connectivity index (χ0v) is 12.9. The lowest BCUT2D eigenvalue weighted by Crippen LogP contribution is -2.44. The first-order chi connectivity index (χ1) is 10.5. The lowest BCUT2D eigenvalue weighted by molar-refractivity contribution is 0.272. The van der Waals surface area contributed by atoms with Crippen LogP contribution < -0.4 is 5.73 Å². The highest BCUT2D eigenvalue weighted by molar-refractivity contribution is 5.78. The van der Waals surface area contributed by atoms with Gasteiger partial charge in [-0.15, -0.1) is 0 Å². The van der Waals surface area contributed by atoms with E-state index < -0.39 is 11.6 Å². The van der Waals surface area contributed by atoms with E-state index in [9.17, 15) is 8.78 Å². The fraction of sp³-hybridized carbons (Fsp3) is 0.588. The Balaban J connectivity index is 1.55. The molecule has 1 aromatic carbocycles. The summed E-state index contributed by atoms with van der Waals surface area (Å²) in [4.78, 5) is 6.73. The van der Waals surface area contributed by atoms with Gasteiger partial charge in [0.1, 0.15) is 11.6 Å². The molecular weight excluding hydrogens is 284 g/mol. The molecule has 0 atom stereocenters. The molecule has 0 bridgehead atoms. The van der Waals surface area contributed by atoms with Crippen molar-refractivity contribution in [1.82, 2.24) is 4.90 Å². The number of rotatable bonds is 2. The molecule has 1 saturated heterocycles. The van der Waals surface area contributed by atoms with Crippen LogP contribution in [0, 0.1) is 17.6 Å². The van der Waals surface area contributed by atoms with Gasteiger partial charge in [0.05, 0.1) is 6.04 Å². The zero-order valence-electron chi connectivity index (χ0n) is 12.9. The van der Waals surface area contributed by atoms with Gasteiger partial charge in [-0.2, -0.15) is 0 Å². The first-order valence-electron chi connectivity index (χ1n) is 8.05. The number of likely N-dealkylation sites (tertiary alicyclic amines) is 1. The molecular formula is C17H23F2N3. The molecule has 3 rings (SSSR count). The second kappa shape index (κ2) is 6.23. The molecule has 1 saturated carbocycles. The van der Waals surface area contributed by atoms with Crippen molar-refractivity contribution in [2.75, 3.05) is 13.1 Å². The molecule has 0 aromatic heterocycles. The summed E-state index contributed by atoms with van der Waals surface area (Å²) in [6.45, 7) is 4.21. The number of halogens is 2. The standard InChI is InChI=1S/C17H23F2N3/c1-11-2-4-22(5-3-11)17(20)21-16-8-13(9-16)12-6-14(18)10-15(19)7-12/h6-7,10-11,13,16H,2-5,8-9H2,1H3,(H2,20,21). The number of nitrogens with zero attached hydrogens (tertiary/aromatic N) is 2. The molecule has 2 fully saturated rings. The lowest BCUT2D eigenvalue weighted by Gasteiger charge is -2.36. The Morgan fingerprint density at radius 3 is 2.32 bits per heavy atom. The van der Waals surface area contributed by atoms with Crippen LogP contribution in [0.3, 0.4) is 0 Å². The van der Waals surface area contributed by atoms with Crippen molar-refractivity contribution in [2.24, 2.45) is 16.6 Å². The number of hydrogen-bond acceptors (Lipinski definition) is 1. The second-order valence-electron chi connectivity index (χ2n) is 6.68. The van der Waals surface area contributed by atoms with E-state index in [1.165, 1.54) is 12.1 Å². The Kier molecular flexibility index (Phi) is 4.32. The van der Waals surface area contributed by atoms with Crippen molar-refractivity contribution < 1.29 is 8.78 Å². The minimum atomic E-state index is -0.510. The summed E-state index contributed by atoms with van der Waals surface area (Å²) in [5.41, 5.74) is 6.82. The molecule has 120 valence electrons. The third-order valence-electron chi connectivity index (χ3n) is 4.89. The van der Waals surface area contributed by atoms with E-state index in [2.05, 4.69) is 16.8 Å². The van der Waals surface area contributed by atoms with Gasteiger partial charge in [-0.3, -0.25) is 0 Å². The van der Waals surface area contributed by atoms with Gasteiger partial charge in [0.25, 0.3) is 0 Å². The number of nitrogens with two attached hydrogens (primary N) is 1. The van der Waals surface area contributed by atoms with Gasteiger partial charge in [-0.25, -0.2) is 13.8 Å². The number of benzene rings is 1. The van der Waals surface area contributed by atoms with Crippen molar-refractivity contribution in [3.63, 3.8) is 0 Å². The molecule has 1 heterocycles. The Labute approximate surface area is 130 Å². The summed E-state index contributed by atoms with van der Waals surface area (Å²) in [7, 11) is 0. The van der Waals surface area contributed by atoms with Crippen LogP contribution >= 0.6 is 0 Å². The highest BCUT2D eigenvalue weighted by atomic mass is 19.1. The normalized spacial score (nSPS) is 26.9. The number of hydrogen-bond donors (Lipinski definition) is 1. The maximum atomic E-state index is 13.2. The highest BCUT2D eigenvalue weighted by Gasteiger charge is 2.31. The Hall–Kier alpha value is -1.65. The molecule has 0 unspecified atom stereocenters. The summed E-state index contributed by atoms with van der Waals surface area (Å²) >= 11 is 0. The van der Waals surface area contributed by atoms with E-state index in [4.69, 9.17) is 5.73 Å². The van der Waals surface area contributed by atoms with Crippen molar-refractivity contribution in [3.05, 3.63) is 35.4 Å². The van der Waals surface area contributed by atoms with Crippen molar-refractivity contribution in [3.8, 4) is 0 Å². The van der Waals surface area contributed by atoms with Crippen molar-refractivity contribution in [2.45, 2.75) is 44.6 Å². The van der Waals surface area contributed by atoms with Gasteiger partial charge in [-0.1, -0.05) is 6.92 Å². The summed E-state index contributed by atoms with van der Waals surface area (Å²) < 4.78 is 26.5. The van der Waals surface area contributed by atoms with Crippen molar-refractivity contribution >= 4 is 5.96 Å². The van der Waals surface area contributed by atoms with Crippen LogP contribution in [0.5, 0.6) is 0 Å². The van der Waals surface area contributed by atoms with E-state index in [1.54, 1.807) is 0 Å². The molecule has 1 aliphatic carbocycles. The highest BCUT2D eigenvalue weighted by Crippen LogP contribution is 2.39. The van der Waals surface area contributed by atoms with Gasteiger partial charge >= 0.3 is 0 Å². The van der Waals surface area contributed by atoms with Crippen LogP contribution in [0.2, 0.25) is 0 Å². The van der Waals surface area contributed by atoms with E-state index >= 15 is 0 Å². The molecule has 3 nitrogen and oxygen atoms in total. The molecule has 2 N–H and O–H groups in total. The topological polar surface area (TPSA) is 41.6 Å². The third-order valence-corrected chi connectivity index (χ3v) is 4.89. The van der Waals surface area contributed by atoms with Gasteiger partial charge in [0.2, 0.25) is 0 Å². The van der Waals surface area contributed by atoms with Gasteiger partial charge in [0, 0.05) is 19.2 Å². The SMILES string of the molecule is CC1CCN(C(N)=NC2CC(c3cc(F)cc(F)c3)C2)CC1. The molecule has 0 amide bonds. The van der Waals surface area contributed by atoms with Crippen LogP contribution in [0.4, 0.5) is 8.78 Å². The summed E-state index contributed by atoms with van der Waals surface area (Å²) in [5.74, 6) is 0.557. The van der Waals surface area contributed by atoms with Gasteiger partial charge in [-0.05, 0) is 55.2 Å². The summed E-state index contributed by atoms with van der Waals surface area (Å²) in [6, 6.07) is 3.93. The Morgan fingerprint density at radius 2 is 1.73 bits per heavy atom. The minimum absolute atomic E-state index is 0.177. The summed E-state index contributed by atoms with van der Waals surface area (Å²) in [6.07, 6.45) is 3.94. The number of aliphatic imine (C=N–C) groups is 1. The van der Waals surface area contributed by atoms with Crippen LogP contribution in [-0.2, 0) is 0 Å². The van der Waals surface area contributed by atoms with E-state index in [0.717, 1.165) is 56.3 Å². The fourth-order valence-corrected chi connectivity index (χ4v) is 3.28. The quantitative estimate of drug-likeness (QED) is 0.673. The summed E-state index contributed by atoms with van der Waals surface area (Å²) in [5, 5.41) is 0. The zero-order chi connectivity index (χ0) is 15.7. The van der Waals surface area contributed by atoms with Crippen LogP contribution in [0.15, 0.2) is 23.2 Å². The predicted octanol–water partition coefficient (Wildman–Crippen LogP) is 3.26. The maximum absolute atomic E-state index is 13.2. The molecule has 1 aromatic rings. The molecule has 1 aliphatic heterocycles. The first kappa shape index (κ1) is 15.3. The monoisotopic (exact) mass is 307 g/mol. The fourth-order valence-electron chi connectivity index (χ4n) is 3.28. The second-order valence-corrected chi connectivity index (χ2v) is 6.68. The largest absolute Gasteiger partial charge is 0.370 e. The van der Waals surface area contributed by atoms with Crippen LogP contribution in [0.1, 0.15) is 44.1 Å². The number of piperidine rings is 1. The molecule has 0 radical (unpaired) electrons. The first-order valence-corrected chi connectivity index (χ1v) is 8.05. The third kappa shape index (κ3) is 3.39. The lowest BCUT2D eigenvalue weighted by atomic mass is 9.76. The molecule has 22 heavy (non-hydrogen) atoms. The minimum Gasteiger partial charge on any atom is -0.370 e. The van der Waals surface area contributed by atoms with E-state index in [0.29, 0.717) is 5.96 Å². The molecule has 0 spiro atoms. The van der Waals surface area contributed by atoms with E-state index in [-0.39, 0.29) is 12.0 Å². The van der Waals surface area contributed by atoms with Crippen LogP contribution in [0.25, 0.3) is 0 Å². The Bertz CT molecular complexity index is 539. The average Bonchev–Trinajstić information content (AvgIpc) is 2.41. The maximum Gasteiger partial charge on any atom is 0.191 e. The van der Waals surface area contributed by atoms with E-state index in [1.807, 2.05) is 0 Å². The smallest absolute Gasteiger partial charge is 0.191 e. The van der Waals surface area contributed by atoms with Gasteiger partial charge in [0.15, 0.2) is 5.96 Å². The van der Waals surface area contributed by atoms with Crippen LogP contribution in [-0.4, -0.2) is 30.0 Å². The molecule has 5 heteroatoms. The average molecular weight is 307 g/mol.